The highest BCUT2D eigenvalue weighted by Gasteiger charge is 2.42. The molecule has 26 heavy (non-hydrogen) atoms. The molecule has 3 aromatic rings. The maximum Gasteiger partial charge on any atom is 0.255 e. The molecule has 2 aromatic heterocycles. The highest BCUT2D eigenvalue weighted by atomic mass is 16.2. The fraction of sp³-hybridized carbons (Fsp3) is 0.350. The smallest absolute Gasteiger partial charge is 0.255 e. The van der Waals surface area contributed by atoms with Crippen molar-refractivity contribution in [2.45, 2.75) is 18.3 Å². The number of carbonyl (C=O) groups is 1. The SMILES string of the molecule is Cn1ncc2ncc(C(=O)N3CCC4(CC3)CNc3ccccc34)cc21. The zero-order valence-electron chi connectivity index (χ0n) is 14.8. The normalized spacial score (nSPS) is 18.1. The van der Waals surface area contributed by atoms with E-state index in [-0.39, 0.29) is 11.3 Å². The molecule has 0 aliphatic carbocycles. The molecular weight excluding hydrogens is 326 g/mol. The van der Waals surface area contributed by atoms with Crippen LogP contribution in [0.15, 0.2) is 42.7 Å². The van der Waals surface area contributed by atoms with Crippen molar-refractivity contribution >= 4 is 22.6 Å². The van der Waals surface area contributed by atoms with E-state index in [0.717, 1.165) is 43.5 Å². The molecule has 1 fully saturated rings. The lowest BCUT2D eigenvalue weighted by Crippen LogP contribution is -2.46. The van der Waals surface area contributed by atoms with Gasteiger partial charge in [-0.3, -0.25) is 14.5 Å². The lowest BCUT2D eigenvalue weighted by atomic mass is 9.74. The summed E-state index contributed by atoms with van der Waals surface area (Å²) < 4.78 is 1.76. The number of para-hydroxylation sites is 1. The van der Waals surface area contributed by atoms with Gasteiger partial charge in [0.2, 0.25) is 0 Å². The first-order valence-electron chi connectivity index (χ1n) is 9.07. The number of fused-ring (bicyclic) bond motifs is 3. The molecule has 0 atom stereocenters. The molecule has 6 heteroatoms. The van der Waals surface area contributed by atoms with Crippen LogP contribution in [0.3, 0.4) is 0 Å². The Balaban J connectivity index is 1.36. The molecule has 2 aliphatic heterocycles. The van der Waals surface area contributed by atoms with Crippen LogP contribution in [0.2, 0.25) is 0 Å². The molecule has 1 aromatic carbocycles. The fourth-order valence-corrected chi connectivity index (χ4v) is 4.37. The Hall–Kier alpha value is -2.89. The number of pyridine rings is 1. The molecule has 2 aliphatic rings. The summed E-state index contributed by atoms with van der Waals surface area (Å²) in [6.45, 7) is 2.52. The Kier molecular flexibility index (Phi) is 3.29. The van der Waals surface area contributed by atoms with Gasteiger partial charge in [0.05, 0.1) is 17.3 Å². The minimum Gasteiger partial charge on any atom is -0.384 e. The van der Waals surface area contributed by atoms with Gasteiger partial charge in [0.25, 0.3) is 5.91 Å². The Morgan fingerprint density at radius 2 is 2.00 bits per heavy atom. The number of piperidine rings is 1. The van der Waals surface area contributed by atoms with E-state index < -0.39 is 0 Å². The van der Waals surface area contributed by atoms with Gasteiger partial charge in [-0.15, -0.1) is 0 Å². The van der Waals surface area contributed by atoms with Crippen molar-refractivity contribution in [1.29, 1.82) is 0 Å². The summed E-state index contributed by atoms with van der Waals surface area (Å²) in [6.07, 6.45) is 5.37. The molecule has 0 saturated carbocycles. The Bertz CT molecular complexity index is 1000. The van der Waals surface area contributed by atoms with Crippen molar-refractivity contribution in [3.63, 3.8) is 0 Å². The van der Waals surface area contributed by atoms with Crippen molar-refractivity contribution in [2.75, 3.05) is 25.0 Å². The quantitative estimate of drug-likeness (QED) is 0.735. The van der Waals surface area contributed by atoms with Gasteiger partial charge >= 0.3 is 0 Å². The molecule has 1 amide bonds. The van der Waals surface area contributed by atoms with Crippen LogP contribution in [-0.4, -0.2) is 45.2 Å². The van der Waals surface area contributed by atoms with Crippen molar-refractivity contribution in [1.82, 2.24) is 19.7 Å². The van der Waals surface area contributed by atoms with Crippen molar-refractivity contribution in [3.05, 3.63) is 53.9 Å². The summed E-state index contributed by atoms with van der Waals surface area (Å²) in [7, 11) is 1.87. The van der Waals surface area contributed by atoms with Crippen LogP contribution in [0, 0.1) is 0 Å². The van der Waals surface area contributed by atoms with Crippen molar-refractivity contribution < 1.29 is 4.79 Å². The number of rotatable bonds is 1. The number of amides is 1. The van der Waals surface area contributed by atoms with Gasteiger partial charge in [-0.05, 0) is 30.5 Å². The standard InChI is InChI=1S/C20H21N5O/c1-24-18-10-14(11-21-17(18)12-23-24)19(26)25-8-6-20(7-9-25)13-22-16-5-3-2-4-15(16)20/h2-5,10-12,22H,6-9,13H2,1H3. The van der Waals surface area contributed by atoms with E-state index >= 15 is 0 Å². The lowest BCUT2D eigenvalue weighted by Gasteiger charge is -2.39. The summed E-state index contributed by atoms with van der Waals surface area (Å²) in [5.74, 6) is 0.0645. The monoisotopic (exact) mass is 347 g/mol. The molecule has 5 rings (SSSR count). The van der Waals surface area contributed by atoms with Gasteiger partial charge < -0.3 is 10.2 Å². The summed E-state index contributed by atoms with van der Waals surface area (Å²) in [5, 5.41) is 7.74. The summed E-state index contributed by atoms with van der Waals surface area (Å²) in [4.78, 5) is 19.3. The van der Waals surface area contributed by atoms with E-state index in [2.05, 4.69) is 39.7 Å². The molecular formula is C20H21N5O. The molecule has 132 valence electrons. The topological polar surface area (TPSA) is 63.1 Å². The number of nitrogens with one attached hydrogen (secondary N) is 1. The largest absolute Gasteiger partial charge is 0.384 e. The average molecular weight is 347 g/mol. The zero-order chi connectivity index (χ0) is 17.7. The first-order chi connectivity index (χ1) is 12.7. The third-order valence-corrected chi connectivity index (χ3v) is 5.97. The second-order valence-electron chi connectivity index (χ2n) is 7.37. The maximum atomic E-state index is 13.0. The Labute approximate surface area is 151 Å². The van der Waals surface area contributed by atoms with Crippen LogP contribution in [0.4, 0.5) is 5.69 Å². The molecule has 0 unspecified atom stereocenters. The van der Waals surface area contributed by atoms with Gasteiger partial charge in [-0.2, -0.15) is 5.10 Å². The lowest BCUT2D eigenvalue weighted by molar-refractivity contribution is 0.0676. The van der Waals surface area contributed by atoms with E-state index in [0.29, 0.717) is 5.56 Å². The van der Waals surface area contributed by atoms with Crippen LogP contribution in [0.25, 0.3) is 11.0 Å². The summed E-state index contributed by atoms with van der Waals surface area (Å²) >= 11 is 0. The van der Waals surface area contributed by atoms with E-state index in [9.17, 15) is 4.79 Å². The number of likely N-dealkylation sites (tertiary alicyclic amines) is 1. The van der Waals surface area contributed by atoms with Crippen LogP contribution >= 0.6 is 0 Å². The number of aromatic nitrogens is 3. The first-order valence-corrected chi connectivity index (χ1v) is 9.07. The second-order valence-corrected chi connectivity index (χ2v) is 7.37. The molecule has 1 saturated heterocycles. The minimum atomic E-state index is 0.0645. The number of hydrogen-bond donors (Lipinski definition) is 1. The van der Waals surface area contributed by atoms with Crippen molar-refractivity contribution in [3.8, 4) is 0 Å². The third kappa shape index (κ3) is 2.21. The van der Waals surface area contributed by atoms with Gasteiger partial charge in [-0.1, -0.05) is 18.2 Å². The number of hydrogen-bond acceptors (Lipinski definition) is 4. The van der Waals surface area contributed by atoms with Gasteiger partial charge in [0, 0.05) is 44.0 Å². The zero-order valence-corrected chi connectivity index (χ0v) is 14.8. The molecule has 4 heterocycles. The molecule has 0 radical (unpaired) electrons. The number of benzene rings is 1. The van der Waals surface area contributed by atoms with E-state index in [1.165, 1.54) is 11.3 Å². The first kappa shape index (κ1) is 15.4. The predicted molar refractivity (Wildman–Crippen MR) is 100 cm³/mol. The average Bonchev–Trinajstić information content (AvgIpc) is 3.23. The van der Waals surface area contributed by atoms with Gasteiger partial charge in [0.1, 0.15) is 5.52 Å². The van der Waals surface area contributed by atoms with Crippen LogP contribution in [-0.2, 0) is 12.5 Å². The molecule has 0 bridgehead atoms. The molecule has 1 spiro atoms. The van der Waals surface area contributed by atoms with Crippen molar-refractivity contribution in [2.24, 2.45) is 7.05 Å². The van der Waals surface area contributed by atoms with E-state index in [1.807, 2.05) is 18.0 Å². The molecule has 6 nitrogen and oxygen atoms in total. The third-order valence-electron chi connectivity index (χ3n) is 5.97. The van der Waals surface area contributed by atoms with Crippen LogP contribution in [0.5, 0.6) is 0 Å². The summed E-state index contributed by atoms with van der Waals surface area (Å²) in [5.41, 5.74) is 5.16. The number of nitrogens with zero attached hydrogens (tertiary/aromatic N) is 4. The predicted octanol–water partition coefficient (Wildman–Crippen LogP) is 2.57. The second kappa shape index (κ2) is 5.56. The highest BCUT2D eigenvalue weighted by molar-refractivity contribution is 5.96. The minimum absolute atomic E-state index is 0.0645. The van der Waals surface area contributed by atoms with Crippen LogP contribution in [0.1, 0.15) is 28.8 Å². The fourth-order valence-electron chi connectivity index (χ4n) is 4.37. The van der Waals surface area contributed by atoms with E-state index in [4.69, 9.17) is 0 Å². The summed E-state index contributed by atoms with van der Waals surface area (Å²) in [6, 6.07) is 10.5. The Morgan fingerprint density at radius 3 is 2.85 bits per heavy atom. The van der Waals surface area contributed by atoms with Gasteiger partial charge in [-0.25, -0.2) is 0 Å². The van der Waals surface area contributed by atoms with Gasteiger partial charge in [0.15, 0.2) is 0 Å². The number of aryl methyl sites for hydroxylation is 1. The number of carbonyl (C=O) groups excluding carboxylic acids is 1. The maximum absolute atomic E-state index is 13.0. The van der Waals surface area contributed by atoms with E-state index in [1.54, 1.807) is 17.1 Å². The van der Waals surface area contributed by atoms with Crippen LogP contribution < -0.4 is 5.32 Å². The highest BCUT2D eigenvalue weighted by Crippen LogP contribution is 2.43. The Morgan fingerprint density at radius 1 is 1.19 bits per heavy atom. The number of anilines is 1. The molecule has 1 N–H and O–H groups in total.